The first kappa shape index (κ1) is 16.3. The Hall–Kier alpha value is -2.54. The third-order valence-corrected chi connectivity index (χ3v) is 4.49. The average molecular weight is 314 g/mol. The fourth-order valence-electron chi connectivity index (χ4n) is 3.29. The fraction of sp³-hybridized carbons (Fsp3) is 0.174. The molecule has 0 aromatic heterocycles. The van der Waals surface area contributed by atoms with Crippen LogP contribution in [0.1, 0.15) is 19.4 Å². The molecule has 0 fully saturated rings. The molecule has 1 heteroatoms. The predicted octanol–water partition coefficient (Wildman–Crippen LogP) is 6.05. The molecule has 3 aromatic carbocycles. The van der Waals surface area contributed by atoms with Crippen molar-refractivity contribution in [3.8, 4) is 22.3 Å². The highest BCUT2D eigenvalue weighted by Crippen LogP contribution is 2.41. The first-order valence-corrected chi connectivity index (χ1v) is 8.61. The van der Waals surface area contributed by atoms with Crippen LogP contribution in [-0.2, 0) is 0 Å². The summed E-state index contributed by atoms with van der Waals surface area (Å²) in [5.41, 5.74) is 7.34. The highest BCUT2D eigenvalue weighted by molar-refractivity contribution is 5.94. The van der Waals surface area contributed by atoms with Crippen molar-refractivity contribution in [1.29, 1.82) is 0 Å². The molecule has 0 heterocycles. The molecule has 0 aliphatic heterocycles. The lowest BCUT2D eigenvalue weighted by Crippen LogP contribution is -2.23. The lowest BCUT2D eigenvalue weighted by molar-refractivity contribution is 0.865. The first-order chi connectivity index (χ1) is 11.8. The van der Waals surface area contributed by atoms with E-state index in [1.807, 2.05) is 0 Å². The molecular formula is C23H24N. The smallest absolute Gasteiger partial charge is 0.0484 e. The van der Waals surface area contributed by atoms with Crippen LogP contribution in [0.3, 0.4) is 0 Å². The summed E-state index contributed by atoms with van der Waals surface area (Å²) in [6.07, 6.45) is 0. The summed E-state index contributed by atoms with van der Waals surface area (Å²) in [6.45, 7) is 10.7. The van der Waals surface area contributed by atoms with Crippen molar-refractivity contribution in [3.63, 3.8) is 0 Å². The van der Waals surface area contributed by atoms with Gasteiger partial charge in [0, 0.05) is 24.3 Å². The maximum atomic E-state index is 4.32. The Bertz CT molecular complexity index is 787. The van der Waals surface area contributed by atoms with E-state index in [0.717, 1.165) is 18.7 Å². The van der Waals surface area contributed by atoms with Gasteiger partial charge in [0.1, 0.15) is 0 Å². The van der Waals surface area contributed by atoms with Crippen molar-refractivity contribution in [2.75, 3.05) is 18.0 Å². The number of hydrogen-bond acceptors (Lipinski definition) is 1. The molecule has 24 heavy (non-hydrogen) atoms. The molecule has 0 N–H and O–H groups in total. The molecule has 3 aromatic rings. The number of rotatable bonds is 5. The van der Waals surface area contributed by atoms with Gasteiger partial charge in [0.25, 0.3) is 0 Å². The van der Waals surface area contributed by atoms with Gasteiger partial charge >= 0.3 is 0 Å². The monoisotopic (exact) mass is 314 g/mol. The van der Waals surface area contributed by atoms with Crippen molar-refractivity contribution in [2.24, 2.45) is 0 Å². The maximum absolute atomic E-state index is 4.32. The van der Waals surface area contributed by atoms with Crippen molar-refractivity contribution < 1.29 is 0 Å². The Labute approximate surface area is 145 Å². The minimum absolute atomic E-state index is 0.969. The van der Waals surface area contributed by atoms with Crippen LogP contribution in [0.5, 0.6) is 0 Å². The number of hydrogen-bond donors (Lipinski definition) is 0. The van der Waals surface area contributed by atoms with E-state index in [1.165, 1.54) is 27.9 Å². The van der Waals surface area contributed by atoms with E-state index in [1.54, 1.807) is 0 Å². The molecule has 1 radical (unpaired) electrons. The second kappa shape index (κ2) is 7.35. The minimum atomic E-state index is 0.969. The largest absolute Gasteiger partial charge is 0.371 e. The van der Waals surface area contributed by atoms with Crippen molar-refractivity contribution in [1.82, 2.24) is 0 Å². The first-order valence-electron chi connectivity index (χ1n) is 8.61. The van der Waals surface area contributed by atoms with E-state index in [4.69, 9.17) is 0 Å². The van der Waals surface area contributed by atoms with Gasteiger partial charge < -0.3 is 4.90 Å². The van der Waals surface area contributed by atoms with Crippen LogP contribution in [0, 0.1) is 6.92 Å². The molecule has 0 unspecified atom stereocenters. The number of anilines is 1. The molecular weight excluding hydrogens is 290 g/mol. The molecule has 0 atom stereocenters. The van der Waals surface area contributed by atoms with E-state index >= 15 is 0 Å². The Morgan fingerprint density at radius 1 is 0.708 bits per heavy atom. The van der Waals surface area contributed by atoms with Crippen LogP contribution in [0.4, 0.5) is 5.69 Å². The van der Waals surface area contributed by atoms with Crippen molar-refractivity contribution >= 4 is 5.69 Å². The number of nitrogens with zero attached hydrogens (tertiary/aromatic N) is 1. The normalized spacial score (nSPS) is 10.6. The van der Waals surface area contributed by atoms with Crippen LogP contribution in [-0.4, -0.2) is 13.1 Å². The Kier molecular flexibility index (Phi) is 5.00. The molecule has 0 amide bonds. The lowest BCUT2D eigenvalue weighted by Gasteiger charge is -2.28. The van der Waals surface area contributed by atoms with Crippen molar-refractivity contribution in [2.45, 2.75) is 13.8 Å². The third kappa shape index (κ3) is 3.07. The Balaban J connectivity index is 2.33. The molecule has 0 spiro atoms. The van der Waals surface area contributed by atoms with Crippen LogP contribution in [0.2, 0.25) is 0 Å². The van der Waals surface area contributed by atoms with Crippen LogP contribution in [0.25, 0.3) is 22.3 Å². The van der Waals surface area contributed by atoms with E-state index in [2.05, 4.69) is 98.5 Å². The second-order valence-corrected chi connectivity index (χ2v) is 5.90. The topological polar surface area (TPSA) is 3.24 Å². The highest BCUT2D eigenvalue weighted by Gasteiger charge is 2.18. The summed E-state index contributed by atoms with van der Waals surface area (Å²) >= 11 is 0. The summed E-state index contributed by atoms with van der Waals surface area (Å²) < 4.78 is 0. The van der Waals surface area contributed by atoms with Crippen LogP contribution < -0.4 is 4.90 Å². The minimum Gasteiger partial charge on any atom is -0.371 e. The van der Waals surface area contributed by atoms with Crippen LogP contribution >= 0.6 is 0 Å². The summed E-state index contributed by atoms with van der Waals surface area (Å²) in [5, 5.41) is 0. The molecule has 3 rings (SSSR count). The van der Waals surface area contributed by atoms with Crippen LogP contribution in [0.15, 0.2) is 72.8 Å². The lowest BCUT2D eigenvalue weighted by atomic mass is 9.90. The summed E-state index contributed by atoms with van der Waals surface area (Å²) in [6, 6.07) is 25.6. The van der Waals surface area contributed by atoms with Gasteiger partial charge in [0.2, 0.25) is 0 Å². The van der Waals surface area contributed by atoms with Gasteiger partial charge in [-0.1, -0.05) is 72.8 Å². The second-order valence-electron chi connectivity index (χ2n) is 5.90. The van der Waals surface area contributed by atoms with E-state index in [0.29, 0.717) is 0 Å². The predicted molar refractivity (Wildman–Crippen MR) is 105 cm³/mol. The van der Waals surface area contributed by atoms with Gasteiger partial charge in [-0.3, -0.25) is 0 Å². The molecule has 0 bridgehead atoms. The van der Waals surface area contributed by atoms with Gasteiger partial charge in [-0.05, 0) is 43.0 Å². The standard InChI is InChI=1S/C23H24N/c1-4-24(5-2)23-18(3)16-17-21(19-12-8-6-9-13-19)22(23)20-14-10-7-11-15-20/h6-17H,3-5H2,1-2H3. The van der Waals surface area contributed by atoms with Gasteiger partial charge in [0.05, 0.1) is 0 Å². The van der Waals surface area contributed by atoms with E-state index in [9.17, 15) is 0 Å². The van der Waals surface area contributed by atoms with Crippen molar-refractivity contribution in [3.05, 3.63) is 85.3 Å². The third-order valence-electron chi connectivity index (χ3n) is 4.49. The molecule has 1 nitrogen and oxygen atoms in total. The zero-order chi connectivity index (χ0) is 16.9. The number of benzene rings is 3. The molecule has 0 saturated carbocycles. The zero-order valence-electron chi connectivity index (χ0n) is 14.5. The maximum Gasteiger partial charge on any atom is 0.0484 e. The Morgan fingerprint density at radius 3 is 1.79 bits per heavy atom. The SMILES string of the molecule is [CH2]c1ccc(-c2ccccc2)c(-c2ccccc2)c1N(CC)CC. The van der Waals surface area contributed by atoms with E-state index < -0.39 is 0 Å². The van der Waals surface area contributed by atoms with Gasteiger partial charge in [-0.15, -0.1) is 0 Å². The molecule has 0 saturated heterocycles. The van der Waals surface area contributed by atoms with E-state index in [-0.39, 0.29) is 0 Å². The fourth-order valence-corrected chi connectivity index (χ4v) is 3.29. The average Bonchev–Trinajstić information content (AvgIpc) is 2.65. The summed E-state index contributed by atoms with van der Waals surface area (Å²) in [4.78, 5) is 2.40. The van der Waals surface area contributed by atoms with Gasteiger partial charge in [-0.25, -0.2) is 0 Å². The highest BCUT2D eigenvalue weighted by atomic mass is 15.1. The molecule has 0 aliphatic carbocycles. The van der Waals surface area contributed by atoms with Gasteiger partial charge in [-0.2, -0.15) is 0 Å². The Morgan fingerprint density at radius 2 is 1.25 bits per heavy atom. The molecule has 0 aliphatic rings. The summed E-state index contributed by atoms with van der Waals surface area (Å²) in [5.74, 6) is 0. The molecule has 121 valence electrons. The quantitative estimate of drug-likeness (QED) is 0.554. The van der Waals surface area contributed by atoms with Gasteiger partial charge in [0.15, 0.2) is 0 Å². The zero-order valence-corrected chi connectivity index (χ0v) is 14.5. The summed E-state index contributed by atoms with van der Waals surface area (Å²) in [7, 11) is 0.